The molecule has 0 aliphatic heterocycles. The summed E-state index contributed by atoms with van der Waals surface area (Å²) in [7, 11) is 0. The summed E-state index contributed by atoms with van der Waals surface area (Å²) in [5, 5.41) is 7.32. The standard InChI is InChI=1S/C13H23N/c1-6-13(8-7-12(5)14)9-11(4)10(2)3/h6-8,10-11,14H,9H2,1-5H3/b8-7-,13-6+,14-12?. The average molecular weight is 193 g/mol. The predicted molar refractivity (Wildman–Crippen MR) is 64.9 cm³/mol. The minimum Gasteiger partial charge on any atom is -0.306 e. The number of rotatable bonds is 5. The lowest BCUT2D eigenvalue weighted by atomic mass is 9.90. The normalized spacial score (nSPS) is 15.1. The molecule has 0 aliphatic carbocycles. The van der Waals surface area contributed by atoms with Crippen LogP contribution in [0, 0.1) is 17.2 Å². The van der Waals surface area contributed by atoms with Crippen molar-refractivity contribution in [1.82, 2.24) is 0 Å². The molecular weight excluding hydrogens is 170 g/mol. The van der Waals surface area contributed by atoms with Crippen LogP contribution in [0.5, 0.6) is 0 Å². The zero-order valence-corrected chi connectivity index (χ0v) is 10.1. The summed E-state index contributed by atoms with van der Waals surface area (Å²) in [6, 6.07) is 0. The summed E-state index contributed by atoms with van der Waals surface area (Å²) in [5.74, 6) is 1.43. The van der Waals surface area contributed by atoms with Gasteiger partial charge < -0.3 is 5.41 Å². The molecule has 0 bridgehead atoms. The van der Waals surface area contributed by atoms with Gasteiger partial charge in [0.1, 0.15) is 0 Å². The zero-order chi connectivity index (χ0) is 11.1. The molecule has 0 aromatic rings. The van der Waals surface area contributed by atoms with Gasteiger partial charge >= 0.3 is 0 Å². The first kappa shape index (κ1) is 13.2. The van der Waals surface area contributed by atoms with Gasteiger partial charge in [0, 0.05) is 5.71 Å². The van der Waals surface area contributed by atoms with Gasteiger partial charge in [-0.3, -0.25) is 0 Å². The molecule has 1 atom stereocenters. The van der Waals surface area contributed by atoms with Gasteiger partial charge in [-0.25, -0.2) is 0 Å². The third-order valence-electron chi connectivity index (χ3n) is 2.61. The van der Waals surface area contributed by atoms with Crippen LogP contribution in [0.3, 0.4) is 0 Å². The SMILES string of the molecule is C/C=C(\C=C/C(C)=N)CC(C)C(C)C. The number of hydrogen-bond acceptors (Lipinski definition) is 1. The summed E-state index contributed by atoms with van der Waals surface area (Å²) < 4.78 is 0. The molecule has 0 heterocycles. The molecule has 0 saturated carbocycles. The van der Waals surface area contributed by atoms with E-state index in [1.807, 2.05) is 6.08 Å². The Hall–Kier alpha value is -0.850. The van der Waals surface area contributed by atoms with E-state index in [2.05, 4.69) is 39.8 Å². The Bertz CT molecular complexity index is 234. The maximum atomic E-state index is 7.32. The lowest BCUT2D eigenvalue weighted by Gasteiger charge is -2.15. The van der Waals surface area contributed by atoms with Crippen molar-refractivity contribution in [2.75, 3.05) is 0 Å². The van der Waals surface area contributed by atoms with Crippen molar-refractivity contribution < 1.29 is 0 Å². The van der Waals surface area contributed by atoms with Crippen LogP contribution in [0.2, 0.25) is 0 Å². The number of nitrogens with one attached hydrogen (secondary N) is 1. The molecule has 0 radical (unpaired) electrons. The van der Waals surface area contributed by atoms with Crippen LogP contribution < -0.4 is 0 Å². The van der Waals surface area contributed by atoms with E-state index < -0.39 is 0 Å². The predicted octanol–water partition coefficient (Wildman–Crippen LogP) is 4.21. The molecule has 1 heteroatoms. The molecule has 1 nitrogen and oxygen atoms in total. The highest BCUT2D eigenvalue weighted by Gasteiger charge is 2.07. The third-order valence-corrected chi connectivity index (χ3v) is 2.61. The molecule has 0 fully saturated rings. The highest BCUT2D eigenvalue weighted by molar-refractivity contribution is 5.90. The molecule has 1 N–H and O–H groups in total. The Balaban J connectivity index is 4.25. The fourth-order valence-corrected chi connectivity index (χ4v) is 1.12. The largest absolute Gasteiger partial charge is 0.306 e. The Morgan fingerprint density at radius 2 is 1.79 bits per heavy atom. The van der Waals surface area contributed by atoms with Crippen molar-refractivity contribution in [2.45, 2.75) is 41.0 Å². The smallest absolute Gasteiger partial charge is 0.0283 e. The van der Waals surface area contributed by atoms with Crippen molar-refractivity contribution in [3.05, 3.63) is 23.8 Å². The van der Waals surface area contributed by atoms with Crippen LogP contribution in [0.4, 0.5) is 0 Å². The Morgan fingerprint density at radius 1 is 1.21 bits per heavy atom. The second-order valence-corrected chi connectivity index (χ2v) is 4.31. The maximum Gasteiger partial charge on any atom is 0.0283 e. The third kappa shape index (κ3) is 5.74. The molecule has 0 spiro atoms. The zero-order valence-electron chi connectivity index (χ0n) is 10.1. The average Bonchev–Trinajstić information content (AvgIpc) is 2.11. The fraction of sp³-hybridized carbons (Fsp3) is 0.615. The number of hydrogen-bond donors (Lipinski definition) is 1. The lowest BCUT2D eigenvalue weighted by molar-refractivity contribution is 0.418. The van der Waals surface area contributed by atoms with Crippen LogP contribution >= 0.6 is 0 Å². The minimum atomic E-state index is 0.613. The van der Waals surface area contributed by atoms with Crippen molar-refractivity contribution >= 4 is 5.71 Å². The molecule has 1 unspecified atom stereocenters. The maximum absolute atomic E-state index is 7.32. The first-order valence-corrected chi connectivity index (χ1v) is 5.35. The van der Waals surface area contributed by atoms with Crippen LogP contribution in [-0.4, -0.2) is 5.71 Å². The first-order valence-electron chi connectivity index (χ1n) is 5.35. The number of allylic oxidation sites excluding steroid dienone is 4. The van der Waals surface area contributed by atoms with Crippen molar-refractivity contribution in [2.24, 2.45) is 11.8 Å². The Morgan fingerprint density at radius 3 is 2.14 bits per heavy atom. The van der Waals surface area contributed by atoms with E-state index in [1.54, 1.807) is 6.92 Å². The second kappa shape index (κ2) is 6.58. The van der Waals surface area contributed by atoms with Crippen molar-refractivity contribution in [3.63, 3.8) is 0 Å². The summed E-state index contributed by atoms with van der Waals surface area (Å²) in [5.41, 5.74) is 1.94. The lowest BCUT2D eigenvalue weighted by Crippen LogP contribution is -2.04. The van der Waals surface area contributed by atoms with Crippen LogP contribution in [0.15, 0.2) is 23.8 Å². The monoisotopic (exact) mass is 193 g/mol. The van der Waals surface area contributed by atoms with E-state index in [0.717, 1.165) is 12.3 Å². The molecular formula is C13H23N. The molecule has 80 valence electrons. The summed E-state index contributed by atoms with van der Waals surface area (Å²) in [4.78, 5) is 0. The Labute approximate surface area is 88.4 Å². The summed E-state index contributed by atoms with van der Waals surface area (Å²) in [6.45, 7) is 10.6. The van der Waals surface area contributed by atoms with Gasteiger partial charge in [0.2, 0.25) is 0 Å². The van der Waals surface area contributed by atoms with Crippen LogP contribution in [-0.2, 0) is 0 Å². The summed E-state index contributed by atoms with van der Waals surface area (Å²) >= 11 is 0. The van der Waals surface area contributed by atoms with E-state index in [-0.39, 0.29) is 0 Å². The molecule has 0 saturated heterocycles. The topological polar surface area (TPSA) is 23.9 Å². The quantitative estimate of drug-likeness (QED) is 0.499. The molecule has 0 rings (SSSR count). The van der Waals surface area contributed by atoms with Gasteiger partial charge in [0.15, 0.2) is 0 Å². The highest BCUT2D eigenvalue weighted by Crippen LogP contribution is 2.19. The van der Waals surface area contributed by atoms with Gasteiger partial charge in [-0.05, 0) is 38.2 Å². The van der Waals surface area contributed by atoms with E-state index >= 15 is 0 Å². The van der Waals surface area contributed by atoms with Crippen LogP contribution in [0.1, 0.15) is 41.0 Å². The van der Waals surface area contributed by atoms with Gasteiger partial charge in [-0.15, -0.1) is 0 Å². The van der Waals surface area contributed by atoms with E-state index in [9.17, 15) is 0 Å². The first-order chi connectivity index (χ1) is 6.47. The molecule has 0 amide bonds. The minimum absolute atomic E-state index is 0.613. The summed E-state index contributed by atoms with van der Waals surface area (Å²) in [6.07, 6.45) is 7.17. The molecule has 0 aromatic carbocycles. The van der Waals surface area contributed by atoms with Crippen molar-refractivity contribution in [1.29, 1.82) is 5.41 Å². The van der Waals surface area contributed by atoms with E-state index in [4.69, 9.17) is 5.41 Å². The fourth-order valence-electron chi connectivity index (χ4n) is 1.12. The Kier molecular flexibility index (Phi) is 6.18. The molecule has 0 aromatic heterocycles. The van der Waals surface area contributed by atoms with E-state index in [0.29, 0.717) is 11.6 Å². The van der Waals surface area contributed by atoms with Gasteiger partial charge in [0.25, 0.3) is 0 Å². The van der Waals surface area contributed by atoms with Gasteiger partial charge in [-0.2, -0.15) is 0 Å². The second-order valence-electron chi connectivity index (χ2n) is 4.31. The molecule has 0 aliphatic rings. The van der Waals surface area contributed by atoms with E-state index in [1.165, 1.54) is 5.57 Å². The van der Waals surface area contributed by atoms with Crippen LogP contribution in [0.25, 0.3) is 0 Å². The van der Waals surface area contributed by atoms with Gasteiger partial charge in [-0.1, -0.05) is 38.5 Å². The molecule has 14 heavy (non-hydrogen) atoms. The van der Waals surface area contributed by atoms with Crippen molar-refractivity contribution in [3.8, 4) is 0 Å². The van der Waals surface area contributed by atoms with Gasteiger partial charge in [0.05, 0.1) is 0 Å². The highest BCUT2D eigenvalue weighted by atomic mass is 14.4.